The third kappa shape index (κ3) is 4.81. The Kier molecular flexibility index (Phi) is 5.74. The Hall–Kier alpha value is -1.42. The molecule has 0 aromatic carbocycles. The first kappa shape index (κ1) is 16.0. The van der Waals surface area contributed by atoms with Gasteiger partial charge in [-0.3, -0.25) is 9.78 Å². The molecule has 0 unspecified atom stereocenters. The van der Waals surface area contributed by atoms with Crippen LogP contribution in [0.3, 0.4) is 0 Å². The monoisotopic (exact) mass is 289 g/mol. The summed E-state index contributed by atoms with van der Waals surface area (Å²) in [5, 5.41) is 3.06. The Morgan fingerprint density at radius 2 is 2.33 bits per heavy atom. The van der Waals surface area contributed by atoms with Crippen LogP contribution in [-0.4, -0.2) is 42.0 Å². The predicted molar refractivity (Wildman–Crippen MR) is 85.3 cm³/mol. The second kappa shape index (κ2) is 7.55. The zero-order chi connectivity index (χ0) is 15.2. The second-order valence-electron chi connectivity index (χ2n) is 6.54. The highest BCUT2D eigenvalue weighted by Gasteiger charge is 2.21. The van der Waals surface area contributed by atoms with Crippen molar-refractivity contribution in [3.63, 3.8) is 0 Å². The number of aryl methyl sites for hydroxylation is 1. The maximum atomic E-state index is 12.2. The molecule has 1 N–H and O–H groups in total. The first-order chi connectivity index (χ1) is 10.1. The molecule has 0 spiro atoms. The van der Waals surface area contributed by atoms with Crippen LogP contribution in [-0.2, 0) is 0 Å². The van der Waals surface area contributed by atoms with Gasteiger partial charge in [-0.1, -0.05) is 19.9 Å². The van der Waals surface area contributed by atoms with Crippen molar-refractivity contribution in [3.8, 4) is 0 Å². The van der Waals surface area contributed by atoms with E-state index in [4.69, 9.17) is 0 Å². The lowest BCUT2D eigenvalue weighted by molar-refractivity contribution is 0.0923. The fourth-order valence-electron chi connectivity index (χ4n) is 3.04. The molecule has 2 heterocycles. The van der Waals surface area contributed by atoms with E-state index in [-0.39, 0.29) is 5.91 Å². The molecule has 0 bridgehead atoms. The van der Waals surface area contributed by atoms with Crippen LogP contribution in [0.1, 0.15) is 42.7 Å². The van der Waals surface area contributed by atoms with E-state index in [1.807, 2.05) is 19.1 Å². The van der Waals surface area contributed by atoms with Crippen molar-refractivity contribution in [1.29, 1.82) is 0 Å². The van der Waals surface area contributed by atoms with Crippen molar-refractivity contribution in [1.82, 2.24) is 15.2 Å². The van der Waals surface area contributed by atoms with Crippen molar-refractivity contribution in [2.75, 3.05) is 26.2 Å². The van der Waals surface area contributed by atoms with Gasteiger partial charge in [-0.2, -0.15) is 0 Å². The molecule has 0 radical (unpaired) electrons. The second-order valence-corrected chi connectivity index (χ2v) is 6.54. The lowest BCUT2D eigenvalue weighted by Crippen LogP contribution is -2.42. The summed E-state index contributed by atoms with van der Waals surface area (Å²) >= 11 is 0. The highest BCUT2D eigenvalue weighted by Crippen LogP contribution is 2.17. The van der Waals surface area contributed by atoms with E-state index in [1.165, 1.54) is 19.4 Å². The normalized spacial score (nSPS) is 19.7. The Morgan fingerprint density at radius 3 is 3.05 bits per heavy atom. The van der Waals surface area contributed by atoms with Crippen LogP contribution in [0, 0.1) is 18.8 Å². The third-order valence-electron chi connectivity index (χ3n) is 4.00. The van der Waals surface area contributed by atoms with Crippen molar-refractivity contribution in [2.45, 2.75) is 33.6 Å². The molecule has 116 valence electrons. The molecule has 1 saturated heterocycles. The van der Waals surface area contributed by atoms with Crippen LogP contribution in [0.25, 0.3) is 0 Å². The van der Waals surface area contributed by atoms with Gasteiger partial charge < -0.3 is 10.2 Å². The van der Waals surface area contributed by atoms with E-state index in [0.29, 0.717) is 17.5 Å². The Balaban J connectivity index is 1.82. The molecule has 1 fully saturated rings. The van der Waals surface area contributed by atoms with Crippen molar-refractivity contribution in [3.05, 3.63) is 29.6 Å². The molecule has 1 atom stereocenters. The minimum atomic E-state index is -0.0471. The molecule has 0 saturated carbocycles. The lowest BCUT2D eigenvalue weighted by Gasteiger charge is -2.33. The van der Waals surface area contributed by atoms with Gasteiger partial charge in [0.1, 0.15) is 5.69 Å². The summed E-state index contributed by atoms with van der Waals surface area (Å²) in [6.07, 6.45) is 4.11. The van der Waals surface area contributed by atoms with Crippen LogP contribution in [0.2, 0.25) is 0 Å². The van der Waals surface area contributed by atoms with Crippen LogP contribution < -0.4 is 5.32 Å². The van der Waals surface area contributed by atoms with E-state index < -0.39 is 0 Å². The number of nitrogens with one attached hydrogen (secondary N) is 1. The summed E-state index contributed by atoms with van der Waals surface area (Å²) in [4.78, 5) is 18.9. The largest absolute Gasteiger partial charge is 0.350 e. The smallest absolute Gasteiger partial charge is 0.270 e. The average Bonchev–Trinajstić information content (AvgIpc) is 2.45. The van der Waals surface area contributed by atoms with Crippen LogP contribution >= 0.6 is 0 Å². The molecule has 21 heavy (non-hydrogen) atoms. The third-order valence-corrected chi connectivity index (χ3v) is 4.00. The number of carbonyl (C=O) groups excluding carboxylic acids is 1. The van der Waals surface area contributed by atoms with E-state index >= 15 is 0 Å². The Labute approximate surface area is 127 Å². The molecule has 4 heteroatoms. The van der Waals surface area contributed by atoms with Crippen molar-refractivity contribution in [2.24, 2.45) is 11.8 Å². The van der Waals surface area contributed by atoms with Gasteiger partial charge >= 0.3 is 0 Å². The molecule has 2 rings (SSSR count). The van der Waals surface area contributed by atoms with Gasteiger partial charge in [0.15, 0.2) is 0 Å². The lowest BCUT2D eigenvalue weighted by atomic mass is 9.97. The van der Waals surface area contributed by atoms with Crippen LogP contribution in [0.5, 0.6) is 0 Å². The number of rotatable bonds is 5. The van der Waals surface area contributed by atoms with E-state index in [1.54, 1.807) is 6.20 Å². The predicted octanol–water partition coefficient (Wildman–Crippen LogP) is 2.49. The highest BCUT2D eigenvalue weighted by atomic mass is 16.1. The molecule has 1 amide bonds. The van der Waals surface area contributed by atoms with Gasteiger partial charge in [-0.15, -0.1) is 0 Å². The molecule has 1 aromatic heterocycles. The van der Waals surface area contributed by atoms with E-state index in [0.717, 1.165) is 25.2 Å². The molecule has 1 aromatic rings. The zero-order valence-corrected chi connectivity index (χ0v) is 13.4. The van der Waals surface area contributed by atoms with Gasteiger partial charge in [0.05, 0.1) is 0 Å². The number of hydrogen-bond donors (Lipinski definition) is 1. The standard InChI is InChI=1S/C17H27N3O/c1-13(2)11-20-9-5-7-15(12-20)10-19-17(21)16-14(3)6-4-8-18-16/h4,6,8,13,15H,5,7,9-12H2,1-3H3,(H,19,21)/t15-/m0/s1. The SMILES string of the molecule is Cc1cccnc1C(=O)NC[C@@H]1CCCN(CC(C)C)C1. The number of hydrogen-bond acceptors (Lipinski definition) is 3. The molecule has 4 nitrogen and oxygen atoms in total. The summed E-state index contributed by atoms with van der Waals surface area (Å²) in [5.41, 5.74) is 1.48. The number of likely N-dealkylation sites (tertiary alicyclic amines) is 1. The van der Waals surface area contributed by atoms with Gasteiger partial charge in [0, 0.05) is 25.8 Å². The topological polar surface area (TPSA) is 45.2 Å². The number of pyridine rings is 1. The maximum Gasteiger partial charge on any atom is 0.270 e. The van der Waals surface area contributed by atoms with Gasteiger partial charge in [-0.05, 0) is 49.8 Å². The average molecular weight is 289 g/mol. The molecular weight excluding hydrogens is 262 g/mol. The summed E-state index contributed by atoms with van der Waals surface area (Å²) in [6.45, 7) is 10.6. The van der Waals surface area contributed by atoms with Crippen LogP contribution in [0.4, 0.5) is 0 Å². The van der Waals surface area contributed by atoms with Crippen molar-refractivity contribution < 1.29 is 4.79 Å². The molecule has 1 aliphatic rings. The first-order valence-electron chi connectivity index (χ1n) is 7.98. The van der Waals surface area contributed by atoms with Gasteiger partial charge in [-0.25, -0.2) is 0 Å². The minimum Gasteiger partial charge on any atom is -0.350 e. The quantitative estimate of drug-likeness (QED) is 0.906. The number of piperidine rings is 1. The minimum absolute atomic E-state index is 0.0471. The molecule has 1 aliphatic heterocycles. The molecule has 0 aliphatic carbocycles. The summed E-state index contributed by atoms with van der Waals surface area (Å²) < 4.78 is 0. The summed E-state index contributed by atoms with van der Waals surface area (Å²) in [6, 6.07) is 3.78. The molecular formula is C17H27N3O. The number of amides is 1. The fourth-order valence-corrected chi connectivity index (χ4v) is 3.04. The zero-order valence-electron chi connectivity index (χ0n) is 13.4. The maximum absolute atomic E-state index is 12.2. The summed E-state index contributed by atoms with van der Waals surface area (Å²) in [7, 11) is 0. The Bertz CT molecular complexity index is 473. The Morgan fingerprint density at radius 1 is 1.52 bits per heavy atom. The van der Waals surface area contributed by atoms with Gasteiger partial charge in [0.2, 0.25) is 0 Å². The highest BCUT2D eigenvalue weighted by molar-refractivity contribution is 5.93. The number of carbonyl (C=O) groups is 1. The number of aromatic nitrogens is 1. The van der Waals surface area contributed by atoms with Gasteiger partial charge in [0.25, 0.3) is 5.91 Å². The van der Waals surface area contributed by atoms with E-state index in [9.17, 15) is 4.79 Å². The first-order valence-corrected chi connectivity index (χ1v) is 7.98. The van der Waals surface area contributed by atoms with Crippen molar-refractivity contribution >= 4 is 5.91 Å². The number of nitrogens with zero attached hydrogens (tertiary/aromatic N) is 2. The van der Waals surface area contributed by atoms with E-state index in [2.05, 4.69) is 29.0 Å². The summed E-state index contributed by atoms with van der Waals surface area (Å²) in [5.74, 6) is 1.22. The fraction of sp³-hybridized carbons (Fsp3) is 0.647. The van der Waals surface area contributed by atoms with Crippen LogP contribution in [0.15, 0.2) is 18.3 Å².